The third-order valence-electron chi connectivity index (χ3n) is 5.55. The van der Waals surface area contributed by atoms with Gasteiger partial charge in [-0.3, -0.25) is 4.98 Å². The van der Waals surface area contributed by atoms with Gasteiger partial charge in [-0.25, -0.2) is 8.42 Å². The molecule has 1 aromatic heterocycles. The fourth-order valence-corrected chi connectivity index (χ4v) is 5.88. The molecule has 0 aliphatic heterocycles. The molecule has 0 bridgehead atoms. The van der Waals surface area contributed by atoms with Crippen LogP contribution in [0.5, 0.6) is 0 Å². The number of nitrogens with zero attached hydrogens (tertiary/aromatic N) is 2. The van der Waals surface area contributed by atoms with Crippen LogP contribution in [-0.2, 0) is 16.4 Å². The Balaban J connectivity index is 2.05. The summed E-state index contributed by atoms with van der Waals surface area (Å²) in [4.78, 5) is 4.43. The van der Waals surface area contributed by atoms with Crippen molar-refractivity contribution in [2.75, 3.05) is 13.1 Å². The van der Waals surface area contributed by atoms with E-state index in [0.29, 0.717) is 10.6 Å². The topological polar surface area (TPSA) is 76.3 Å². The molecule has 2 aromatic carbocycles. The van der Waals surface area contributed by atoms with Crippen LogP contribution in [0, 0.1) is 6.92 Å². The maximum Gasteiger partial charge on any atom is 0.243 e. The number of halogens is 1. The normalized spacial score (nSPS) is 12.8. The van der Waals surface area contributed by atoms with Gasteiger partial charge in [-0.05, 0) is 72.4 Å². The molecular formula is C24H28ClN3O2S. The third-order valence-corrected chi connectivity index (χ3v) is 8.07. The van der Waals surface area contributed by atoms with Crippen LogP contribution in [-0.4, -0.2) is 30.8 Å². The van der Waals surface area contributed by atoms with Crippen molar-refractivity contribution in [1.29, 1.82) is 0 Å². The molecule has 3 rings (SSSR count). The molecule has 7 heteroatoms. The molecule has 5 nitrogen and oxygen atoms in total. The second-order valence-corrected chi connectivity index (χ2v) is 9.72. The average molecular weight is 458 g/mol. The molecule has 0 aliphatic carbocycles. The highest BCUT2D eigenvalue weighted by atomic mass is 35.5. The molecule has 0 amide bonds. The summed E-state index contributed by atoms with van der Waals surface area (Å²) >= 11 is 6.20. The predicted octanol–water partition coefficient (Wildman–Crippen LogP) is 4.98. The van der Waals surface area contributed by atoms with Crippen LogP contribution in [0.2, 0.25) is 5.02 Å². The number of aromatic nitrogens is 1. The summed E-state index contributed by atoms with van der Waals surface area (Å²) in [6.07, 6.45) is 4.51. The molecule has 0 radical (unpaired) electrons. The lowest BCUT2D eigenvalue weighted by molar-refractivity contribution is 0.349. The molecule has 31 heavy (non-hydrogen) atoms. The van der Waals surface area contributed by atoms with Crippen molar-refractivity contribution in [3.05, 3.63) is 82.6 Å². The fraction of sp³-hybridized carbons (Fsp3) is 0.292. The quantitative estimate of drug-likeness (QED) is 0.517. The number of sulfonamides is 1. The highest BCUT2D eigenvalue weighted by Crippen LogP contribution is 2.33. The van der Waals surface area contributed by atoms with Crippen LogP contribution in [0.3, 0.4) is 0 Å². The van der Waals surface area contributed by atoms with Gasteiger partial charge < -0.3 is 5.73 Å². The van der Waals surface area contributed by atoms with E-state index in [1.807, 2.05) is 43.5 Å². The molecule has 0 spiro atoms. The van der Waals surface area contributed by atoms with Gasteiger partial charge in [-0.2, -0.15) is 4.31 Å². The predicted molar refractivity (Wildman–Crippen MR) is 127 cm³/mol. The molecule has 1 atom stereocenters. The first-order valence-electron chi connectivity index (χ1n) is 10.3. The van der Waals surface area contributed by atoms with Crippen molar-refractivity contribution in [2.45, 2.75) is 38.1 Å². The van der Waals surface area contributed by atoms with Crippen LogP contribution in [0.15, 0.2) is 65.8 Å². The Morgan fingerprint density at radius 1 is 1.16 bits per heavy atom. The summed E-state index contributed by atoms with van der Waals surface area (Å²) < 4.78 is 28.6. The zero-order valence-corrected chi connectivity index (χ0v) is 19.6. The van der Waals surface area contributed by atoms with Gasteiger partial charge in [-0.1, -0.05) is 42.8 Å². The van der Waals surface area contributed by atoms with Crippen LogP contribution < -0.4 is 5.73 Å². The maximum absolute atomic E-state index is 13.6. The lowest BCUT2D eigenvalue weighted by Crippen LogP contribution is -2.37. The number of hydrogen-bond acceptors (Lipinski definition) is 4. The van der Waals surface area contributed by atoms with Crippen LogP contribution in [0.4, 0.5) is 0 Å². The molecule has 2 N–H and O–H groups in total. The van der Waals surface area contributed by atoms with Gasteiger partial charge in [0, 0.05) is 36.5 Å². The number of aryl methyl sites for hydroxylation is 1. The molecule has 0 saturated heterocycles. The molecule has 3 aromatic rings. The largest absolute Gasteiger partial charge is 0.329 e. The lowest BCUT2D eigenvalue weighted by Gasteiger charge is -2.29. The van der Waals surface area contributed by atoms with E-state index in [0.717, 1.165) is 28.7 Å². The van der Waals surface area contributed by atoms with Crippen molar-refractivity contribution in [3.63, 3.8) is 0 Å². The van der Waals surface area contributed by atoms with Gasteiger partial charge in [-0.15, -0.1) is 0 Å². The third kappa shape index (κ3) is 4.83. The summed E-state index contributed by atoms with van der Waals surface area (Å²) in [6.45, 7) is 6.12. The van der Waals surface area contributed by atoms with Crippen molar-refractivity contribution >= 4 is 21.6 Å². The van der Waals surface area contributed by atoms with E-state index in [1.165, 1.54) is 4.31 Å². The highest BCUT2D eigenvalue weighted by Gasteiger charge is 2.31. The molecular weight excluding hydrogens is 430 g/mol. The van der Waals surface area contributed by atoms with Gasteiger partial charge in [0.15, 0.2) is 0 Å². The molecule has 1 heterocycles. The van der Waals surface area contributed by atoms with Crippen LogP contribution in [0.1, 0.15) is 36.6 Å². The van der Waals surface area contributed by atoms with Gasteiger partial charge in [0.1, 0.15) is 0 Å². The fourth-order valence-electron chi connectivity index (χ4n) is 3.77. The summed E-state index contributed by atoms with van der Waals surface area (Å²) in [7, 11) is -3.80. The number of pyridine rings is 1. The summed E-state index contributed by atoms with van der Waals surface area (Å²) in [6, 6.07) is 14.5. The first-order valence-corrected chi connectivity index (χ1v) is 12.1. The average Bonchev–Trinajstić information content (AvgIpc) is 2.78. The second kappa shape index (κ2) is 9.92. The first kappa shape index (κ1) is 23.4. The summed E-state index contributed by atoms with van der Waals surface area (Å²) in [5, 5.41) is 0.424. The van der Waals surface area contributed by atoms with Crippen LogP contribution in [0.25, 0.3) is 11.1 Å². The van der Waals surface area contributed by atoms with E-state index >= 15 is 0 Å². The Kier molecular flexibility index (Phi) is 7.49. The number of nitrogens with two attached hydrogens (primary N) is 1. The lowest BCUT2D eigenvalue weighted by atomic mass is 9.97. The maximum atomic E-state index is 13.6. The Labute approximate surface area is 189 Å². The summed E-state index contributed by atoms with van der Waals surface area (Å²) in [5.74, 6) is 0. The van der Waals surface area contributed by atoms with E-state index in [4.69, 9.17) is 17.3 Å². The zero-order valence-electron chi connectivity index (χ0n) is 18.0. The van der Waals surface area contributed by atoms with Crippen LogP contribution >= 0.6 is 11.6 Å². The standard InChI is InChI=1S/C24H28ClN3O2S/c1-4-19-16-27-13-11-22(19)21-8-5-7-20(15-21)18(3)28(14-12-26)31(29,30)24-10-6-9-23(25)17(24)2/h5-11,13,15-16,18H,4,12,14,26H2,1-3H3/t18-/m0/s1. The van der Waals surface area contributed by atoms with E-state index in [9.17, 15) is 8.42 Å². The zero-order chi connectivity index (χ0) is 22.6. The minimum Gasteiger partial charge on any atom is -0.329 e. The van der Waals surface area contributed by atoms with Crippen molar-refractivity contribution in [2.24, 2.45) is 5.73 Å². The van der Waals surface area contributed by atoms with E-state index < -0.39 is 16.1 Å². The smallest absolute Gasteiger partial charge is 0.243 e. The summed E-state index contributed by atoms with van der Waals surface area (Å²) in [5.41, 5.74) is 10.5. The molecule has 164 valence electrons. The van der Waals surface area contributed by atoms with Crippen molar-refractivity contribution < 1.29 is 8.42 Å². The van der Waals surface area contributed by atoms with E-state index in [2.05, 4.69) is 11.9 Å². The Morgan fingerprint density at radius 3 is 2.61 bits per heavy atom. The van der Waals surface area contributed by atoms with E-state index in [1.54, 1.807) is 31.3 Å². The van der Waals surface area contributed by atoms with Gasteiger partial charge in [0.05, 0.1) is 4.90 Å². The molecule has 0 saturated carbocycles. The van der Waals surface area contributed by atoms with Gasteiger partial charge >= 0.3 is 0 Å². The van der Waals surface area contributed by atoms with Crippen molar-refractivity contribution in [1.82, 2.24) is 9.29 Å². The number of rotatable bonds is 8. The molecule has 0 fully saturated rings. The first-order chi connectivity index (χ1) is 14.8. The molecule has 0 unspecified atom stereocenters. The number of hydrogen-bond donors (Lipinski definition) is 1. The highest BCUT2D eigenvalue weighted by molar-refractivity contribution is 7.89. The minimum absolute atomic E-state index is 0.204. The number of benzene rings is 2. The second-order valence-electron chi connectivity index (χ2n) is 7.46. The van der Waals surface area contributed by atoms with E-state index in [-0.39, 0.29) is 18.0 Å². The van der Waals surface area contributed by atoms with Gasteiger partial charge in [0.25, 0.3) is 0 Å². The SMILES string of the molecule is CCc1cnccc1-c1cccc([C@H](C)N(CCN)S(=O)(=O)c2cccc(Cl)c2C)c1. The Hall–Kier alpha value is -2.25. The Bertz CT molecular complexity index is 1160. The Morgan fingerprint density at radius 2 is 1.90 bits per heavy atom. The molecule has 0 aliphatic rings. The van der Waals surface area contributed by atoms with Gasteiger partial charge in [0.2, 0.25) is 10.0 Å². The minimum atomic E-state index is -3.80. The van der Waals surface area contributed by atoms with Crippen molar-refractivity contribution in [3.8, 4) is 11.1 Å². The monoisotopic (exact) mass is 457 g/mol.